The number of halogens is 1. The van der Waals surface area contributed by atoms with Crippen LogP contribution < -0.4 is 14.5 Å². The third-order valence-corrected chi connectivity index (χ3v) is 7.09. The highest BCUT2D eigenvalue weighted by atomic mass is 35.5. The Balaban J connectivity index is 1.33. The van der Waals surface area contributed by atoms with Crippen LogP contribution in [0.15, 0.2) is 36.5 Å². The van der Waals surface area contributed by atoms with Crippen LogP contribution in [0.4, 0.5) is 11.4 Å². The Labute approximate surface area is 195 Å². The van der Waals surface area contributed by atoms with Gasteiger partial charge in [0.1, 0.15) is 0 Å². The molecule has 2 aliphatic heterocycles. The number of ether oxygens (including phenoxy) is 1. The van der Waals surface area contributed by atoms with Gasteiger partial charge in [-0.2, -0.15) is 0 Å². The third-order valence-electron chi connectivity index (χ3n) is 6.80. The van der Waals surface area contributed by atoms with E-state index >= 15 is 0 Å². The van der Waals surface area contributed by atoms with E-state index in [-0.39, 0.29) is 12.5 Å². The van der Waals surface area contributed by atoms with Gasteiger partial charge >= 0.3 is 5.97 Å². The zero-order chi connectivity index (χ0) is 22.7. The summed E-state index contributed by atoms with van der Waals surface area (Å²) in [6.07, 6.45) is 6.11. The molecule has 1 aromatic carbocycles. The standard InChI is InChI=1S/C25H32ClN3O3/c1-17-11-21(13-25(30)31)29(16-17)20-5-3-18(4-6-20)12-19-7-9-28(10-8-19)23-14-24(32-2)27-15-22(23)26/h3-6,14-15,17,19,21H,7-13,16H2,1-2H3,(H,30,31)/t17-,21-/m1/s1. The number of aromatic nitrogens is 1. The summed E-state index contributed by atoms with van der Waals surface area (Å²) in [6, 6.07) is 10.8. The van der Waals surface area contributed by atoms with Gasteiger partial charge in [0.25, 0.3) is 0 Å². The number of hydrogen-bond donors (Lipinski definition) is 1. The van der Waals surface area contributed by atoms with Crippen LogP contribution in [-0.2, 0) is 11.2 Å². The second kappa shape index (κ2) is 9.99. The van der Waals surface area contributed by atoms with Crippen LogP contribution in [0.5, 0.6) is 5.88 Å². The molecule has 1 aromatic heterocycles. The second-order valence-corrected chi connectivity index (χ2v) is 9.63. The second-order valence-electron chi connectivity index (χ2n) is 9.22. The quantitative estimate of drug-likeness (QED) is 0.638. The Morgan fingerprint density at radius 3 is 2.62 bits per heavy atom. The van der Waals surface area contributed by atoms with E-state index in [2.05, 4.69) is 46.0 Å². The van der Waals surface area contributed by atoms with E-state index in [1.807, 2.05) is 6.07 Å². The number of anilines is 2. The van der Waals surface area contributed by atoms with Gasteiger partial charge in [0.05, 0.1) is 30.4 Å². The molecule has 32 heavy (non-hydrogen) atoms. The fourth-order valence-corrected chi connectivity index (χ4v) is 5.38. The fraction of sp³-hybridized carbons (Fsp3) is 0.520. The molecule has 2 aliphatic rings. The minimum Gasteiger partial charge on any atom is -0.481 e. The first-order chi connectivity index (χ1) is 15.4. The molecular formula is C25H32ClN3O3. The first kappa shape index (κ1) is 22.7. The Bertz CT molecular complexity index is 929. The lowest BCUT2D eigenvalue weighted by Crippen LogP contribution is -2.34. The van der Waals surface area contributed by atoms with Crippen molar-refractivity contribution in [3.8, 4) is 5.88 Å². The minimum atomic E-state index is -0.719. The lowest BCUT2D eigenvalue weighted by atomic mass is 9.90. The van der Waals surface area contributed by atoms with E-state index in [1.165, 1.54) is 5.56 Å². The molecule has 2 aromatic rings. The Hall–Kier alpha value is -2.47. The van der Waals surface area contributed by atoms with Crippen LogP contribution >= 0.6 is 11.6 Å². The number of carboxylic acid groups (broad SMARTS) is 1. The highest BCUT2D eigenvalue weighted by molar-refractivity contribution is 6.33. The first-order valence-electron chi connectivity index (χ1n) is 11.4. The van der Waals surface area contributed by atoms with Gasteiger partial charge in [-0.15, -0.1) is 0 Å². The molecule has 0 saturated carbocycles. The summed E-state index contributed by atoms with van der Waals surface area (Å²) in [6.45, 7) is 5.07. The summed E-state index contributed by atoms with van der Waals surface area (Å²) < 4.78 is 5.25. The van der Waals surface area contributed by atoms with Crippen LogP contribution in [0.3, 0.4) is 0 Å². The lowest BCUT2D eigenvalue weighted by molar-refractivity contribution is -0.137. The summed E-state index contributed by atoms with van der Waals surface area (Å²) in [7, 11) is 1.62. The molecule has 0 unspecified atom stereocenters. The molecule has 0 spiro atoms. The van der Waals surface area contributed by atoms with Crippen molar-refractivity contribution in [3.05, 3.63) is 47.1 Å². The van der Waals surface area contributed by atoms with Gasteiger partial charge in [0.15, 0.2) is 0 Å². The number of rotatable bonds is 7. The van der Waals surface area contributed by atoms with E-state index < -0.39 is 5.97 Å². The van der Waals surface area contributed by atoms with Gasteiger partial charge in [-0.3, -0.25) is 4.79 Å². The average Bonchev–Trinajstić information content (AvgIpc) is 3.14. The molecule has 4 rings (SSSR count). The summed E-state index contributed by atoms with van der Waals surface area (Å²) in [5.74, 6) is 1.04. The third kappa shape index (κ3) is 5.29. The minimum absolute atomic E-state index is 0.0938. The van der Waals surface area contributed by atoms with E-state index in [0.29, 0.717) is 22.7 Å². The van der Waals surface area contributed by atoms with Gasteiger partial charge < -0.3 is 19.6 Å². The first-order valence-corrected chi connectivity index (χ1v) is 11.8. The molecule has 1 N–H and O–H groups in total. The molecule has 0 aliphatic carbocycles. The topological polar surface area (TPSA) is 65.9 Å². The Morgan fingerprint density at radius 2 is 1.97 bits per heavy atom. The summed E-state index contributed by atoms with van der Waals surface area (Å²) >= 11 is 6.37. The van der Waals surface area contributed by atoms with E-state index in [1.54, 1.807) is 13.3 Å². The zero-order valence-electron chi connectivity index (χ0n) is 18.8. The highest BCUT2D eigenvalue weighted by Crippen LogP contribution is 2.34. The maximum atomic E-state index is 11.2. The van der Waals surface area contributed by atoms with Gasteiger partial charge in [-0.1, -0.05) is 30.7 Å². The predicted octanol–water partition coefficient (Wildman–Crippen LogP) is 4.89. The van der Waals surface area contributed by atoms with Crippen molar-refractivity contribution >= 4 is 28.9 Å². The van der Waals surface area contributed by atoms with Crippen molar-refractivity contribution < 1.29 is 14.6 Å². The number of piperidine rings is 1. The number of carbonyl (C=O) groups is 1. The van der Waals surface area contributed by atoms with Gasteiger partial charge in [-0.25, -0.2) is 4.98 Å². The number of pyridine rings is 1. The summed E-state index contributed by atoms with van der Waals surface area (Å²) in [5, 5.41) is 9.90. The van der Waals surface area contributed by atoms with E-state index in [4.69, 9.17) is 16.3 Å². The Kier molecular flexibility index (Phi) is 7.09. The smallest absolute Gasteiger partial charge is 0.305 e. The molecule has 172 valence electrons. The average molecular weight is 458 g/mol. The molecule has 2 atom stereocenters. The van der Waals surface area contributed by atoms with Crippen molar-refractivity contribution in [1.82, 2.24) is 4.98 Å². The maximum absolute atomic E-state index is 11.2. The molecule has 0 amide bonds. The normalized spacial score (nSPS) is 21.7. The van der Waals surface area contributed by atoms with E-state index in [0.717, 1.165) is 56.7 Å². The molecule has 7 heteroatoms. The molecule has 0 bridgehead atoms. The summed E-state index contributed by atoms with van der Waals surface area (Å²) in [4.78, 5) is 20.0. The van der Waals surface area contributed by atoms with Crippen molar-refractivity contribution in [2.45, 2.75) is 45.1 Å². The number of nitrogens with zero attached hydrogens (tertiary/aromatic N) is 3. The molecular weight excluding hydrogens is 426 g/mol. The van der Waals surface area contributed by atoms with Crippen LogP contribution in [-0.4, -0.2) is 48.8 Å². The number of benzene rings is 1. The fourth-order valence-electron chi connectivity index (χ4n) is 5.16. The van der Waals surface area contributed by atoms with E-state index in [9.17, 15) is 9.90 Å². The Morgan fingerprint density at radius 1 is 1.25 bits per heavy atom. The maximum Gasteiger partial charge on any atom is 0.305 e. The van der Waals surface area contributed by atoms with Crippen molar-refractivity contribution in [2.75, 3.05) is 36.5 Å². The van der Waals surface area contributed by atoms with Crippen LogP contribution in [0.1, 0.15) is 38.2 Å². The molecule has 2 saturated heterocycles. The number of carboxylic acids is 1. The van der Waals surface area contributed by atoms with Gasteiger partial charge in [-0.05, 0) is 55.2 Å². The SMILES string of the molecule is COc1cc(N2CCC(Cc3ccc(N4C[C@H](C)C[C@@H]4CC(=O)O)cc3)CC2)c(Cl)cn1. The van der Waals surface area contributed by atoms with Crippen LogP contribution in [0, 0.1) is 11.8 Å². The number of aliphatic carboxylic acids is 1. The van der Waals surface area contributed by atoms with Gasteiger partial charge in [0, 0.05) is 37.4 Å². The number of methoxy groups -OCH3 is 1. The van der Waals surface area contributed by atoms with Crippen molar-refractivity contribution in [2.24, 2.45) is 11.8 Å². The molecule has 3 heterocycles. The van der Waals surface area contributed by atoms with Crippen LogP contribution in [0.25, 0.3) is 0 Å². The molecule has 2 fully saturated rings. The monoisotopic (exact) mass is 457 g/mol. The highest BCUT2D eigenvalue weighted by Gasteiger charge is 2.31. The van der Waals surface area contributed by atoms with Crippen molar-refractivity contribution in [3.63, 3.8) is 0 Å². The lowest BCUT2D eigenvalue weighted by Gasteiger charge is -2.34. The predicted molar refractivity (Wildman–Crippen MR) is 128 cm³/mol. The molecule has 6 nitrogen and oxygen atoms in total. The molecule has 0 radical (unpaired) electrons. The van der Waals surface area contributed by atoms with Crippen molar-refractivity contribution in [1.29, 1.82) is 0 Å². The zero-order valence-corrected chi connectivity index (χ0v) is 19.6. The van der Waals surface area contributed by atoms with Crippen LogP contribution in [0.2, 0.25) is 5.02 Å². The largest absolute Gasteiger partial charge is 0.481 e. The van der Waals surface area contributed by atoms with Gasteiger partial charge in [0.2, 0.25) is 5.88 Å². The summed E-state index contributed by atoms with van der Waals surface area (Å²) in [5.41, 5.74) is 3.48. The number of hydrogen-bond acceptors (Lipinski definition) is 5.